The van der Waals surface area contributed by atoms with Crippen LogP contribution in [0.5, 0.6) is 0 Å². The van der Waals surface area contributed by atoms with Crippen LogP contribution in [0.15, 0.2) is 4.52 Å². The average Bonchev–Trinajstić information content (AvgIpc) is 2.83. The molecule has 4 nitrogen and oxygen atoms in total. The van der Waals surface area contributed by atoms with Gasteiger partial charge in [0.15, 0.2) is 0 Å². The Balaban J connectivity index is 1.91. The molecule has 4 heteroatoms. The van der Waals surface area contributed by atoms with Gasteiger partial charge in [0, 0.05) is 11.6 Å². The number of carbonyl (C=O) groups excluding carboxylic acids is 1. The highest BCUT2D eigenvalue weighted by Crippen LogP contribution is 2.18. The minimum Gasteiger partial charge on any atom is -0.361 e. The van der Waals surface area contributed by atoms with Gasteiger partial charge in [-0.1, -0.05) is 18.0 Å². The van der Waals surface area contributed by atoms with Gasteiger partial charge in [-0.25, -0.2) is 0 Å². The molecule has 0 spiro atoms. The van der Waals surface area contributed by atoms with Crippen LogP contribution in [0.2, 0.25) is 0 Å². The number of carbonyl (C=O) groups is 1. The molecular formula is C12H18N2O2. The predicted octanol–water partition coefficient (Wildman–Crippen LogP) is 1.89. The highest BCUT2D eigenvalue weighted by atomic mass is 16.5. The molecule has 1 aromatic rings. The van der Waals surface area contributed by atoms with Crippen LogP contribution < -0.4 is 5.32 Å². The van der Waals surface area contributed by atoms with Crippen LogP contribution in [0.3, 0.4) is 0 Å². The van der Waals surface area contributed by atoms with Crippen molar-refractivity contribution in [2.75, 3.05) is 0 Å². The molecule has 0 radical (unpaired) electrons. The Hall–Kier alpha value is -1.32. The van der Waals surface area contributed by atoms with Crippen LogP contribution >= 0.6 is 0 Å². The number of aromatic nitrogens is 1. The molecule has 0 bridgehead atoms. The number of amides is 1. The van der Waals surface area contributed by atoms with Crippen molar-refractivity contribution in [2.45, 2.75) is 52.0 Å². The van der Waals surface area contributed by atoms with Gasteiger partial charge in [0.2, 0.25) is 5.91 Å². The van der Waals surface area contributed by atoms with Gasteiger partial charge in [-0.05, 0) is 26.7 Å². The predicted molar refractivity (Wildman–Crippen MR) is 60.1 cm³/mol. The summed E-state index contributed by atoms with van der Waals surface area (Å²) in [5.74, 6) is 0.834. The average molecular weight is 222 g/mol. The van der Waals surface area contributed by atoms with Crippen LogP contribution in [0.4, 0.5) is 0 Å². The van der Waals surface area contributed by atoms with Crippen LogP contribution in [0.25, 0.3) is 0 Å². The summed E-state index contributed by atoms with van der Waals surface area (Å²) in [4.78, 5) is 11.8. The third-order valence-corrected chi connectivity index (χ3v) is 3.24. The number of aryl methyl sites for hydroxylation is 2. The first-order valence-electron chi connectivity index (χ1n) is 5.88. The van der Waals surface area contributed by atoms with Gasteiger partial charge in [-0.15, -0.1) is 0 Å². The third kappa shape index (κ3) is 2.43. The lowest BCUT2D eigenvalue weighted by Crippen LogP contribution is -2.33. The summed E-state index contributed by atoms with van der Waals surface area (Å²) in [6.07, 6.45) is 5.09. The topological polar surface area (TPSA) is 55.1 Å². The third-order valence-electron chi connectivity index (χ3n) is 3.24. The summed E-state index contributed by atoms with van der Waals surface area (Å²) in [6.45, 7) is 3.72. The van der Waals surface area contributed by atoms with E-state index in [2.05, 4.69) is 10.5 Å². The Morgan fingerprint density at radius 2 is 2.12 bits per heavy atom. The molecule has 0 atom stereocenters. The van der Waals surface area contributed by atoms with Crippen molar-refractivity contribution in [3.8, 4) is 0 Å². The summed E-state index contributed by atoms with van der Waals surface area (Å²) in [6, 6.07) is 0.382. The fourth-order valence-electron chi connectivity index (χ4n) is 2.26. The zero-order valence-electron chi connectivity index (χ0n) is 9.88. The van der Waals surface area contributed by atoms with Crippen LogP contribution in [-0.2, 0) is 11.2 Å². The van der Waals surface area contributed by atoms with E-state index in [1.807, 2.05) is 13.8 Å². The molecule has 0 aliphatic heterocycles. The fraction of sp³-hybridized carbons (Fsp3) is 0.667. The second kappa shape index (κ2) is 4.68. The molecule has 1 heterocycles. The highest BCUT2D eigenvalue weighted by Gasteiger charge is 2.19. The number of rotatable bonds is 3. The summed E-state index contributed by atoms with van der Waals surface area (Å²) < 4.78 is 5.04. The molecule has 16 heavy (non-hydrogen) atoms. The normalized spacial score (nSPS) is 16.6. The summed E-state index contributed by atoms with van der Waals surface area (Å²) in [5, 5.41) is 6.91. The van der Waals surface area contributed by atoms with E-state index in [0.717, 1.165) is 29.9 Å². The second-order valence-corrected chi connectivity index (χ2v) is 4.53. The highest BCUT2D eigenvalue weighted by molar-refractivity contribution is 5.79. The SMILES string of the molecule is Cc1noc(C)c1CC(=O)NC1CCCC1. The van der Waals surface area contributed by atoms with Crippen molar-refractivity contribution in [1.82, 2.24) is 10.5 Å². The van der Waals surface area contributed by atoms with Gasteiger partial charge in [0.25, 0.3) is 0 Å². The van der Waals surface area contributed by atoms with Crippen molar-refractivity contribution in [1.29, 1.82) is 0 Å². The van der Waals surface area contributed by atoms with Crippen molar-refractivity contribution < 1.29 is 9.32 Å². The maximum Gasteiger partial charge on any atom is 0.224 e. The smallest absolute Gasteiger partial charge is 0.224 e. The number of nitrogens with zero attached hydrogens (tertiary/aromatic N) is 1. The van der Waals surface area contributed by atoms with Gasteiger partial charge in [0.05, 0.1) is 12.1 Å². The molecule has 1 amide bonds. The zero-order valence-corrected chi connectivity index (χ0v) is 9.88. The summed E-state index contributed by atoms with van der Waals surface area (Å²) in [5.41, 5.74) is 1.74. The Kier molecular flexibility index (Phi) is 3.27. The van der Waals surface area contributed by atoms with E-state index < -0.39 is 0 Å². The van der Waals surface area contributed by atoms with E-state index in [9.17, 15) is 4.79 Å². The molecule has 0 saturated heterocycles. The molecule has 2 rings (SSSR count). The van der Waals surface area contributed by atoms with E-state index in [4.69, 9.17) is 4.52 Å². The Morgan fingerprint density at radius 1 is 1.44 bits per heavy atom. The molecule has 1 N–H and O–H groups in total. The van der Waals surface area contributed by atoms with Gasteiger partial charge in [-0.2, -0.15) is 0 Å². The van der Waals surface area contributed by atoms with Crippen molar-refractivity contribution in [3.05, 3.63) is 17.0 Å². The molecule has 0 aromatic carbocycles. The molecular weight excluding hydrogens is 204 g/mol. The molecule has 1 aromatic heterocycles. The zero-order chi connectivity index (χ0) is 11.5. The molecule has 88 valence electrons. The minimum atomic E-state index is 0.0845. The monoisotopic (exact) mass is 222 g/mol. The number of nitrogens with one attached hydrogen (secondary N) is 1. The summed E-state index contributed by atoms with van der Waals surface area (Å²) in [7, 11) is 0. The standard InChI is InChI=1S/C12H18N2O2/c1-8-11(9(2)16-14-8)7-12(15)13-10-5-3-4-6-10/h10H,3-7H2,1-2H3,(H,13,15). The van der Waals surface area contributed by atoms with Gasteiger partial charge >= 0.3 is 0 Å². The summed E-state index contributed by atoms with van der Waals surface area (Å²) >= 11 is 0. The Bertz CT molecular complexity index is 359. The van der Waals surface area contributed by atoms with Crippen molar-refractivity contribution >= 4 is 5.91 Å². The first-order chi connectivity index (χ1) is 7.66. The second-order valence-electron chi connectivity index (χ2n) is 4.53. The van der Waals surface area contributed by atoms with Crippen molar-refractivity contribution in [2.24, 2.45) is 0 Å². The van der Waals surface area contributed by atoms with Crippen LogP contribution in [0, 0.1) is 13.8 Å². The van der Waals surface area contributed by atoms with Crippen LogP contribution in [0.1, 0.15) is 42.7 Å². The van der Waals surface area contributed by atoms with Crippen LogP contribution in [-0.4, -0.2) is 17.1 Å². The number of hydrogen-bond acceptors (Lipinski definition) is 3. The van der Waals surface area contributed by atoms with E-state index in [1.54, 1.807) is 0 Å². The quantitative estimate of drug-likeness (QED) is 0.849. The van der Waals surface area contributed by atoms with E-state index >= 15 is 0 Å². The molecule has 1 fully saturated rings. The molecule has 1 aliphatic rings. The lowest BCUT2D eigenvalue weighted by Gasteiger charge is -2.11. The fourth-order valence-corrected chi connectivity index (χ4v) is 2.26. The first kappa shape index (κ1) is 11.2. The minimum absolute atomic E-state index is 0.0845. The van der Waals surface area contributed by atoms with Gasteiger partial charge in [0.1, 0.15) is 5.76 Å². The Morgan fingerprint density at radius 3 is 2.69 bits per heavy atom. The maximum atomic E-state index is 11.8. The van der Waals surface area contributed by atoms with E-state index in [0.29, 0.717) is 12.5 Å². The van der Waals surface area contributed by atoms with Gasteiger partial charge < -0.3 is 9.84 Å². The first-order valence-corrected chi connectivity index (χ1v) is 5.88. The molecule has 1 aliphatic carbocycles. The van der Waals surface area contributed by atoms with E-state index in [1.165, 1.54) is 12.8 Å². The maximum absolute atomic E-state index is 11.8. The molecule has 1 saturated carbocycles. The molecule has 0 unspecified atom stereocenters. The Labute approximate surface area is 95.4 Å². The van der Waals surface area contributed by atoms with Gasteiger partial charge in [-0.3, -0.25) is 4.79 Å². The largest absolute Gasteiger partial charge is 0.361 e. The lowest BCUT2D eigenvalue weighted by molar-refractivity contribution is -0.121. The van der Waals surface area contributed by atoms with E-state index in [-0.39, 0.29) is 5.91 Å². The van der Waals surface area contributed by atoms with Crippen molar-refractivity contribution in [3.63, 3.8) is 0 Å². The lowest BCUT2D eigenvalue weighted by atomic mass is 10.1. The number of hydrogen-bond donors (Lipinski definition) is 1.